The number of aryl methyl sites for hydroxylation is 1. The molecule has 1 aliphatic heterocycles. The second-order valence-corrected chi connectivity index (χ2v) is 11.8. The summed E-state index contributed by atoms with van der Waals surface area (Å²) in [6.07, 6.45) is 7.90. The fraction of sp³-hybridized carbons (Fsp3) is 0.394. The van der Waals surface area contributed by atoms with Crippen LogP contribution in [0.1, 0.15) is 18.4 Å². The molecule has 0 bridgehead atoms. The minimum absolute atomic E-state index is 0.0670. The van der Waals surface area contributed by atoms with Crippen LogP contribution < -0.4 is 20.1 Å². The lowest BCUT2D eigenvalue weighted by atomic mass is 10.0. The van der Waals surface area contributed by atoms with E-state index in [0.29, 0.717) is 47.1 Å². The van der Waals surface area contributed by atoms with Crippen LogP contribution in [0.5, 0.6) is 11.5 Å². The van der Waals surface area contributed by atoms with Crippen molar-refractivity contribution in [3.63, 3.8) is 0 Å². The molecule has 7 rings (SSSR count). The van der Waals surface area contributed by atoms with Gasteiger partial charge >= 0.3 is 0 Å². The first-order valence-electron chi connectivity index (χ1n) is 14.7. The van der Waals surface area contributed by atoms with Crippen molar-refractivity contribution in [3.8, 4) is 22.8 Å². The third kappa shape index (κ3) is 5.14. The number of hydrogen-bond acceptors (Lipinski definition) is 9. The summed E-state index contributed by atoms with van der Waals surface area (Å²) in [6.45, 7) is 4.06. The van der Waals surface area contributed by atoms with Gasteiger partial charge < -0.3 is 24.8 Å². The lowest BCUT2D eigenvalue weighted by molar-refractivity contribution is -0.118. The SMILES string of the molecule is COc1ccc(Nc2nc(-c3cnccc3C)cc3cc(NC(=O)[C@H]4[C@@H]5C[C@H](N6CC(OC)C6)C[C@@H]54)ncc23)c(OC)c1. The zero-order valence-corrected chi connectivity index (χ0v) is 24.8. The molecule has 1 amide bonds. The van der Waals surface area contributed by atoms with Gasteiger partial charge in [0.05, 0.1) is 31.7 Å². The van der Waals surface area contributed by atoms with Crippen molar-refractivity contribution in [1.29, 1.82) is 0 Å². The van der Waals surface area contributed by atoms with E-state index in [1.54, 1.807) is 33.7 Å². The molecule has 1 saturated heterocycles. The van der Waals surface area contributed by atoms with Crippen molar-refractivity contribution in [2.45, 2.75) is 31.9 Å². The van der Waals surface area contributed by atoms with Crippen LogP contribution in [0.15, 0.2) is 55.0 Å². The van der Waals surface area contributed by atoms with Crippen LogP contribution in [0.2, 0.25) is 0 Å². The highest BCUT2D eigenvalue weighted by Crippen LogP contribution is 2.59. The van der Waals surface area contributed by atoms with Gasteiger partial charge in [-0.1, -0.05) is 0 Å². The Kier molecular flexibility index (Phi) is 7.10. The van der Waals surface area contributed by atoms with Gasteiger partial charge in [0.15, 0.2) is 0 Å². The first kappa shape index (κ1) is 27.5. The number of amides is 1. The second kappa shape index (κ2) is 11.1. The molecular weight excluding hydrogens is 544 g/mol. The smallest absolute Gasteiger partial charge is 0.229 e. The van der Waals surface area contributed by atoms with Crippen molar-refractivity contribution in [2.24, 2.45) is 17.8 Å². The van der Waals surface area contributed by atoms with Gasteiger partial charge in [0.1, 0.15) is 23.1 Å². The third-order valence-corrected chi connectivity index (χ3v) is 9.39. The predicted octanol–water partition coefficient (Wildman–Crippen LogP) is 5.05. The number of nitrogens with one attached hydrogen (secondary N) is 2. The van der Waals surface area contributed by atoms with Gasteiger partial charge in [-0.25, -0.2) is 9.97 Å². The number of anilines is 3. The maximum absolute atomic E-state index is 13.3. The van der Waals surface area contributed by atoms with Crippen LogP contribution in [0.25, 0.3) is 22.0 Å². The fourth-order valence-corrected chi connectivity index (χ4v) is 6.84. The number of fused-ring (bicyclic) bond motifs is 2. The Labute approximate surface area is 250 Å². The maximum atomic E-state index is 13.3. The summed E-state index contributed by atoms with van der Waals surface area (Å²) >= 11 is 0. The number of pyridine rings is 3. The quantitative estimate of drug-likeness (QED) is 0.281. The summed E-state index contributed by atoms with van der Waals surface area (Å²) < 4.78 is 16.4. The number of aromatic nitrogens is 3. The highest BCUT2D eigenvalue weighted by Gasteiger charge is 2.60. The van der Waals surface area contributed by atoms with E-state index < -0.39 is 0 Å². The Morgan fingerprint density at radius 2 is 1.81 bits per heavy atom. The van der Waals surface area contributed by atoms with Crippen LogP contribution in [-0.2, 0) is 9.53 Å². The molecular formula is C33H36N6O4. The van der Waals surface area contributed by atoms with Crippen LogP contribution in [-0.4, -0.2) is 72.3 Å². The number of ether oxygens (including phenoxy) is 3. The number of carbonyl (C=O) groups is 1. The molecule has 3 aromatic heterocycles. The average molecular weight is 581 g/mol. The molecule has 10 nitrogen and oxygen atoms in total. The van der Waals surface area contributed by atoms with Crippen LogP contribution >= 0.6 is 0 Å². The maximum Gasteiger partial charge on any atom is 0.229 e. The summed E-state index contributed by atoms with van der Waals surface area (Å²) in [6, 6.07) is 12.1. The van der Waals surface area contributed by atoms with Crippen LogP contribution in [0.4, 0.5) is 17.3 Å². The molecule has 2 saturated carbocycles. The highest BCUT2D eigenvalue weighted by molar-refractivity contribution is 6.00. The minimum atomic E-state index is 0.0670. The summed E-state index contributed by atoms with van der Waals surface area (Å²) in [5, 5.41) is 8.27. The number of methoxy groups -OCH3 is 3. The van der Waals surface area contributed by atoms with E-state index in [9.17, 15) is 4.79 Å². The Morgan fingerprint density at radius 3 is 2.53 bits per heavy atom. The largest absolute Gasteiger partial charge is 0.497 e. The van der Waals surface area contributed by atoms with Crippen LogP contribution in [0.3, 0.4) is 0 Å². The topological polar surface area (TPSA) is 111 Å². The summed E-state index contributed by atoms with van der Waals surface area (Å²) in [7, 11) is 5.02. The molecule has 2 N–H and O–H groups in total. The number of carbonyl (C=O) groups excluding carboxylic acids is 1. The Bertz CT molecular complexity index is 1680. The fourth-order valence-electron chi connectivity index (χ4n) is 6.84. The van der Waals surface area contributed by atoms with E-state index >= 15 is 0 Å². The molecule has 4 atom stereocenters. The zero-order chi connectivity index (χ0) is 29.7. The highest BCUT2D eigenvalue weighted by atomic mass is 16.5. The van der Waals surface area contributed by atoms with Gasteiger partial charge in [-0.3, -0.25) is 14.7 Å². The summed E-state index contributed by atoms with van der Waals surface area (Å²) in [5.41, 5.74) is 3.49. The van der Waals surface area contributed by atoms with E-state index in [-0.39, 0.29) is 11.8 Å². The number of likely N-dealkylation sites (tertiary alicyclic amines) is 1. The molecule has 43 heavy (non-hydrogen) atoms. The van der Waals surface area contributed by atoms with Gasteiger partial charge in [0, 0.05) is 67.8 Å². The summed E-state index contributed by atoms with van der Waals surface area (Å²) in [5.74, 6) is 3.54. The number of nitrogens with zero attached hydrogens (tertiary/aromatic N) is 4. The lowest BCUT2D eigenvalue weighted by Gasteiger charge is -2.43. The van der Waals surface area contributed by atoms with Gasteiger partial charge in [-0.05, 0) is 72.9 Å². The molecule has 222 valence electrons. The zero-order valence-electron chi connectivity index (χ0n) is 24.8. The van der Waals surface area contributed by atoms with Gasteiger partial charge in [0.25, 0.3) is 0 Å². The number of hydrogen-bond donors (Lipinski definition) is 2. The van der Waals surface area contributed by atoms with Crippen LogP contribution in [0, 0.1) is 24.7 Å². The van der Waals surface area contributed by atoms with Crippen molar-refractivity contribution in [1.82, 2.24) is 19.9 Å². The Morgan fingerprint density at radius 1 is 1.00 bits per heavy atom. The molecule has 4 aromatic rings. The Hall–Kier alpha value is -4.28. The minimum Gasteiger partial charge on any atom is -0.497 e. The van der Waals surface area contributed by atoms with Crippen molar-refractivity contribution in [3.05, 3.63) is 60.6 Å². The average Bonchev–Trinajstić information content (AvgIpc) is 3.51. The molecule has 3 aliphatic rings. The van der Waals surface area contributed by atoms with E-state index in [0.717, 1.165) is 59.2 Å². The molecule has 10 heteroatoms. The first-order chi connectivity index (χ1) is 20.9. The van der Waals surface area contributed by atoms with Gasteiger partial charge in [-0.15, -0.1) is 0 Å². The predicted molar refractivity (Wildman–Crippen MR) is 165 cm³/mol. The summed E-state index contributed by atoms with van der Waals surface area (Å²) in [4.78, 5) is 29.7. The van der Waals surface area contributed by atoms with E-state index in [1.807, 2.05) is 49.5 Å². The molecule has 0 spiro atoms. The molecule has 0 unspecified atom stereocenters. The van der Waals surface area contributed by atoms with Gasteiger partial charge in [-0.2, -0.15) is 0 Å². The molecule has 0 radical (unpaired) electrons. The van der Waals surface area contributed by atoms with Crippen molar-refractivity contribution >= 4 is 34.0 Å². The van der Waals surface area contributed by atoms with Crippen molar-refractivity contribution in [2.75, 3.05) is 45.1 Å². The van der Waals surface area contributed by atoms with E-state index in [1.165, 1.54) is 0 Å². The third-order valence-electron chi connectivity index (χ3n) is 9.39. The molecule has 2 aliphatic carbocycles. The van der Waals surface area contributed by atoms with E-state index in [4.69, 9.17) is 19.2 Å². The lowest BCUT2D eigenvalue weighted by Crippen LogP contribution is -2.55. The van der Waals surface area contributed by atoms with Gasteiger partial charge in [0.2, 0.25) is 5.91 Å². The number of rotatable bonds is 9. The monoisotopic (exact) mass is 580 g/mol. The Balaban J connectivity index is 1.14. The number of benzene rings is 1. The molecule has 1 aromatic carbocycles. The standard InChI is InChI=1S/C33H36N6O4/c1-18-7-8-34-14-25(18)28-9-19-10-30(38-33(40)31-23-11-20(12-24(23)31)39-16-22(17-39)42-3)35-15-26(19)32(37-28)36-27-6-5-21(41-2)13-29(27)43-4/h5-10,13-15,20,22-24,31H,11-12,16-17H2,1-4H3,(H,36,37)(H,35,38,40)/t20-,23+,24-,31-. The molecule has 3 fully saturated rings. The first-order valence-corrected chi connectivity index (χ1v) is 14.7. The van der Waals surface area contributed by atoms with Crippen molar-refractivity contribution < 1.29 is 19.0 Å². The molecule has 4 heterocycles. The second-order valence-electron chi connectivity index (χ2n) is 11.8. The normalized spacial score (nSPS) is 23.0. The van der Waals surface area contributed by atoms with E-state index in [2.05, 4.69) is 25.5 Å².